The van der Waals surface area contributed by atoms with Gasteiger partial charge >= 0.3 is 0 Å². The van der Waals surface area contributed by atoms with Crippen molar-refractivity contribution in [3.05, 3.63) is 5.82 Å². The van der Waals surface area contributed by atoms with Crippen molar-refractivity contribution in [3.8, 4) is 0 Å². The minimum absolute atomic E-state index is 0. The summed E-state index contributed by atoms with van der Waals surface area (Å²) in [6.07, 6.45) is 2.01. The largest absolute Gasteiger partial charge is 0.355 e. The lowest BCUT2D eigenvalue weighted by Gasteiger charge is -2.36. The third-order valence-electron chi connectivity index (χ3n) is 3.61. The zero-order chi connectivity index (χ0) is 17.6. The lowest BCUT2D eigenvalue weighted by Crippen LogP contribution is -2.53. The van der Waals surface area contributed by atoms with Crippen LogP contribution in [0.15, 0.2) is 4.99 Å². The van der Waals surface area contributed by atoms with E-state index in [-0.39, 0.29) is 24.0 Å². The van der Waals surface area contributed by atoms with E-state index in [4.69, 9.17) is 0 Å². The smallest absolute Gasteiger partial charge is 0.208 e. The van der Waals surface area contributed by atoms with Crippen molar-refractivity contribution in [2.75, 3.05) is 57.5 Å². The van der Waals surface area contributed by atoms with Gasteiger partial charge in [-0.05, 0) is 0 Å². The number of guanidine groups is 1. The highest BCUT2D eigenvalue weighted by molar-refractivity contribution is 14.0. The minimum atomic E-state index is -3.15. The Kier molecular flexibility index (Phi) is 9.30. The summed E-state index contributed by atoms with van der Waals surface area (Å²) in [5.74, 6) is 1.68. The first-order chi connectivity index (χ1) is 11.4. The van der Waals surface area contributed by atoms with Crippen LogP contribution in [0.4, 0.5) is 5.13 Å². The van der Waals surface area contributed by atoms with Crippen molar-refractivity contribution < 1.29 is 8.42 Å². The van der Waals surface area contributed by atoms with Gasteiger partial charge in [0.05, 0.1) is 6.26 Å². The molecule has 0 spiro atoms. The molecule has 0 radical (unpaired) electrons. The van der Waals surface area contributed by atoms with E-state index >= 15 is 0 Å². The van der Waals surface area contributed by atoms with Gasteiger partial charge in [0, 0.05) is 64.3 Å². The molecule has 0 aliphatic carbocycles. The molecular weight excluding hydrogens is 477 g/mol. The molecule has 1 aromatic rings. The fraction of sp³-hybridized carbons (Fsp3) is 0.769. The summed E-state index contributed by atoms with van der Waals surface area (Å²) in [7, 11) is -1.42. The Bertz CT molecular complexity index is 657. The second-order valence-electron chi connectivity index (χ2n) is 5.46. The molecule has 1 aliphatic rings. The number of anilines is 1. The number of aliphatic imine (C=N–C) groups is 1. The van der Waals surface area contributed by atoms with E-state index in [2.05, 4.69) is 41.1 Å². The number of nitrogens with zero attached hydrogens (tertiary/aromatic N) is 5. The molecule has 0 unspecified atom stereocenters. The molecule has 0 amide bonds. The van der Waals surface area contributed by atoms with E-state index < -0.39 is 10.0 Å². The third kappa shape index (κ3) is 7.19. The summed E-state index contributed by atoms with van der Waals surface area (Å²) in [6.45, 7) is 6.28. The van der Waals surface area contributed by atoms with E-state index in [0.29, 0.717) is 13.1 Å². The van der Waals surface area contributed by atoms with E-state index in [9.17, 15) is 8.42 Å². The maximum absolute atomic E-state index is 11.0. The lowest BCUT2D eigenvalue weighted by molar-refractivity contribution is 0.372. The zero-order valence-electron chi connectivity index (χ0n) is 14.7. The van der Waals surface area contributed by atoms with Crippen molar-refractivity contribution in [1.82, 2.24) is 24.3 Å². The van der Waals surface area contributed by atoms with Crippen LogP contribution in [0.2, 0.25) is 0 Å². The Hall–Kier alpha value is -0.730. The number of nitrogens with one attached hydrogen (secondary N) is 2. The van der Waals surface area contributed by atoms with Crippen molar-refractivity contribution in [3.63, 3.8) is 0 Å². The molecule has 12 heteroatoms. The van der Waals surface area contributed by atoms with Crippen LogP contribution in [0.25, 0.3) is 0 Å². The molecule has 2 rings (SSSR count). The fourth-order valence-corrected chi connectivity index (χ4v) is 3.64. The van der Waals surface area contributed by atoms with Crippen LogP contribution in [0, 0.1) is 0 Å². The average Bonchev–Trinajstić information content (AvgIpc) is 3.03. The average molecular weight is 503 g/mol. The first kappa shape index (κ1) is 22.3. The third-order valence-corrected chi connectivity index (χ3v) is 5.15. The van der Waals surface area contributed by atoms with E-state index in [0.717, 1.165) is 55.8 Å². The van der Waals surface area contributed by atoms with Gasteiger partial charge in [0.25, 0.3) is 0 Å². The second-order valence-corrected chi connectivity index (χ2v) is 8.02. The van der Waals surface area contributed by atoms with Gasteiger partial charge in [0.15, 0.2) is 5.96 Å². The molecule has 0 saturated carbocycles. The minimum Gasteiger partial charge on any atom is -0.355 e. The highest BCUT2D eigenvalue weighted by Gasteiger charge is 2.21. The van der Waals surface area contributed by atoms with Gasteiger partial charge < -0.3 is 15.1 Å². The van der Waals surface area contributed by atoms with E-state index in [1.54, 1.807) is 7.05 Å². The Labute approximate surface area is 170 Å². The fourth-order valence-electron chi connectivity index (χ4n) is 2.37. The number of aryl methyl sites for hydroxylation is 1. The quantitative estimate of drug-likeness (QED) is 0.243. The molecule has 2 heterocycles. The number of hydrogen-bond acceptors (Lipinski definition) is 7. The van der Waals surface area contributed by atoms with Crippen LogP contribution in [-0.4, -0.2) is 81.2 Å². The predicted octanol–water partition coefficient (Wildman–Crippen LogP) is -0.0349. The Morgan fingerprint density at radius 1 is 1.28 bits per heavy atom. The normalized spacial score (nSPS) is 15.9. The summed E-state index contributed by atoms with van der Waals surface area (Å²) in [5.41, 5.74) is 0. The molecule has 2 N–H and O–H groups in total. The number of aromatic nitrogens is 2. The summed E-state index contributed by atoms with van der Waals surface area (Å²) in [6, 6.07) is 0. The number of sulfonamides is 1. The van der Waals surface area contributed by atoms with Gasteiger partial charge in [-0.2, -0.15) is 4.37 Å². The van der Waals surface area contributed by atoms with Crippen molar-refractivity contribution in [2.24, 2.45) is 4.99 Å². The van der Waals surface area contributed by atoms with Gasteiger partial charge in [0.1, 0.15) is 5.82 Å². The molecule has 0 aromatic carbocycles. The second kappa shape index (κ2) is 10.4. The summed E-state index contributed by atoms with van der Waals surface area (Å²) in [4.78, 5) is 13.2. The number of halogens is 1. The predicted molar refractivity (Wildman–Crippen MR) is 113 cm³/mol. The van der Waals surface area contributed by atoms with E-state index in [1.165, 1.54) is 11.5 Å². The number of piperazine rings is 1. The Balaban J connectivity index is 0.00000312. The number of rotatable bonds is 6. The molecule has 25 heavy (non-hydrogen) atoms. The first-order valence-electron chi connectivity index (χ1n) is 7.90. The van der Waals surface area contributed by atoms with Crippen molar-refractivity contribution >= 4 is 56.6 Å². The van der Waals surface area contributed by atoms with Crippen LogP contribution in [0.5, 0.6) is 0 Å². The summed E-state index contributed by atoms with van der Waals surface area (Å²) >= 11 is 1.45. The van der Waals surface area contributed by atoms with Crippen LogP contribution >= 0.6 is 35.5 Å². The Morgan fingerprint density at radius 3 is 2.48 bits per heavy atom. The highest BCUT2D eigenvalue weighted by atomic mass is 127. The van der Waals surface area contributed by atoms with E-state index in [1.807, 2.05) is 0 Å². The Morgan fingerprint density at radius 2 is 1.96 bits per heavy atom. The molecule has 0 atom stereocenters. The molecule has 1 saturated heterocycles. The summed E-state index contributed by atoms with van der Waals surface area (Å²) in [5, 5.41) is 4.16. The number of hydrogen-bond donors (Lipinski definition) is 2. The topological polar surface area (TPSA) is 103 Å². The SMILES string of the molecule is CCc1nsc(N2CCN(C(=NC)NCCNS(C)(=O)=O)CC2)n1.I. The molecule has 0 bridgehead atoms. The molecule has 144 valence electrons. The monoisotopic (exact) mass is 503 g/mol. The maximum atomic E-state index is 11.0. The maximum Gasteiger partial charge on any atom is 0.208 e. The standard InChI is InChI=1S/C13H25N7O2S2.HI/c1-4-11-17-13(23-18-11)20-9-7-19(8-10-20)12(14-2)15-5-6-16-24(3,21)22;/h16H,4-10H2,1-3H3,(H,14,15);1H. The highest BCUT2D eigenvalue weighted by Crippen LogP contribution is 2.19. The van der Waals surface area contributed by atoms with Gasteiger partial charge in [0.2, 0.25) is 15.2 Å². The van der Waals surface area contributed by atoms with Crippen LogP contribution in [0.1, 0.15) is 12.7 Å². The zero-order valence-corrected chi connectivity index (χ0v) is 18.7. The summed E-state index contributed by atoms with van der Waals surface area (Å²) < 4.78 is 28.9. The van der Waals surface area contributed by atoms with Crippen LogP contribution in [-0.2, 0) is 16.4 Å². The van der Waals surface area contributed by atoms with Crippen LogP contribution < -0.4 is 14.9 Å². The van der Waals surface area contributed by atoms with Crippen molar-refractivity contribution in [1.29, 1.82) is 0 Å². The van der Waals surface area contributed by atoms with Crippen molar-refractivity contribution in [2.45, 2.75) is 13.3 Å². The molecule has 1 aromatic heterocycles. The van der Waals surface area contributed by atoms with Gasteiger partial charge in [-0.1, -0.05) is 6.92 Å². The molecule has 1 aliphatic heterocycles. The molecular formula is C13H26IN7O2S2. The van der Waals surface area contributed by atoms with Gasteiger partial charge in [-0.3, -0.25) is 4.99 Å². The van der Waals surface area contributed by atoms with Gasteiger partial charge in [-0.25, -0.2) is 18.1 Å². The molecule has 1 fully saturated rings. The molecule has 9 nitrogen and oxygen atoms in total. The first-order valence-corrected chi connectivity index (χ1v) is 10.6. The van der Waals surface area contributed by atoms with Gasteiger partial charge in [-0.15, -0.1) is 24.0 Å². The lowest BCUT2D eigenvalue weighted by atomic mass is 10.3. The van der Waals surface area contributed by atoms with Crippen LogP contribution in [0.3, 0.4) is 0 Å².